The molecule has 2 unspecified atom stereocenters. The Morgan fingerprint density at radius 3 is 2.39 bits per heavy atom. The lowest BCUT2D eigenvalue weighted by Crippen LogP contribution is -2.35. The SMILES string of the molecule is COc1ccc(CNC(=O)C2CC2C(=O)NC2CCCC2)cc1. The monoisotopic (exact) mass is 316 g/mol. The lowest BCUT2D eigenvalue weighted by atomic mass is 10.2. The summed E-state index contributed by atoms with van der Waals surface area (Å²) >= 11 is 0. The first-order valence-electron chi connectivity index (χ1n) is 8.38. The predicted molar refractivity (Wildman–Crippen MR) is 86.8 cm³/mol. The number of hydrogen-bond acceptors (Lipinski definition) is 3. The van der Waals surface area contributed by atoms with Crippen molar-refractivity contribution in [2.75, 3.05) is 7.11 Å². The molecular formula is C18H24N2O3. The van der Waals surface area contributed by atoms with Crippen molar-refractivity contribution in [2.24, 2.45) is 11.8 Å². The summed E-state index contributed by atoms with van der Waals surface area (Å²) in [5.74, 6) is 0.543. The Kier molecular flexibility index (Phi) is 4.84. The van der Waals surface area contributed by atoms with Gasteiger partial charge in [-0.15, -0.1) is 0 Å². The van der Waals surface area contributed by atoms with Crippen LogP contribution in [0.4, 0.5) is 0 Å². The number of carbonyl (C=O) groups excluding carboxylic acids is 2. The van der Waals surface area contributed by atoms with Gasteiger partial charge in [0, 0.05) is 12.6 Å². The highest BCUT2D eigenvalue weighted by Gasteiger charge is 2.48. The molecule has 0 radical (unpaired) electrons. The highest BCUT2D eigenvalue weighted by atomic mass is 16.5. The number of hydrogen-bond donors (Lipinski definition) is 2. The molecule has 2 fully saturated rings. The molecule has 1 aromatic rings. The van der Waals surface area contributed by atoms with Gasteiger partial charge in [0.05, 0.1) is 18.9 Å². The van der Waals surface area contributed by atoms with Crippen LogP contribution in [0.1, 0.15) is 37.7 Å². The second kappa shape index (κ2) is 7.02. The fourth-order valence-corrected chi connectivity index (χ4v) is 3.22. The maximum Gasteiger partial charge on any atom is 0.224 e. The third-order valence-electron chi connectivity index (χ3n) is 4.79. The lowest BCUT2D eigenvalue weighted by Gasteiger charge is -2.11. The van der Waals surface area contributed by atoms with Gasteiger partial charge in [0.15, 0.2) is 0 Å². The number of rotatable bonds is 6. The van der Waals surface area contributed by atoms with Gasteiger partial charge in [-0.3, -0.25) is 9.59 Å². The maximum absolute atomic E-state index is 12.1. The Morgan fingerprint density at radius 1 is 1.09 bits per heavy atom. The topological polar surface area (TPSA) is 67.4 Å². The van der Waals surface area contributed by atoms with Gasteiger partial charge in [-0.2, -0.15) is 0 Å². The van der Waals surface area contributed by atoms with Crippen LogP contribution in [-0.2, 0) is 16.1 Å². The van der Waals surface area contributed by atoms with Crippen LogP contribution in [0.25, 0.3) is 0 Å². The van der Waals surface area contributed by atoms with Gasteiger partial charge in [0.25, 0.3) is 0 Å². The summed E-state index contributed by atoms with van der Waals surface area (Å²) in [4.78, 5) is 24.3. The molecule has 0 spiro atoms. The molecule has 0 bridgehead atoms. The third kappa shape index (κ3) is 4.03. The second-order valence-corrected chi connectivity index (χ2v) is 6.50. The van der Waals surface area contributed by atoms with Crippen LogP contribution in [0.5, 0.6) is 5.75 Å². The fourth-order valence-electron chi connectivity index (χ4n) is 3.22. The molecule has 23 heavy (non-hydrogen) atoms. The van der Waals surface area contributed by atoms with Gasteiger partial charge in [0.1, 0.15) is 5.75 Å². The van der Waals surface area contributed by atoms with E-state index in [0.717, 1.165) is 24.2 Å². The van der Waals surface area contributed by atoms with Crippen molar-refractivity contribution in [3.63, 3.8) is 0 Å². The molecule has 2 aliphatic rings. The van der Waals surface area contributed by atoms with Crippen LogP contribution in [0.3, 0.4) is 0 Å². The van der Waals surface area contributed by atoms with Crippen molar-refractivity contribution in [1.29, 1.82) is 0 Å². The third-order valence-corrected chi connectivity index (χ3v) is 4.79. The first-order chi connectivity index (χ1) is 11.2. The molecule has 2 N–H and O–H groups in total. The largest absolute Gasteiger partial charge is 0.497 e. The van der Waals surface area contributed by atoms with E-state index in [0.29, 0.717) is 19.0 Å². The molecule has 2 atom stereocenters. The first kappa shape index (κ1) is 15.8. The number of amides is 2. The fraction of sp³-hybridized carbons (Fsp3) is 0.556. The molecule has 2 aliphatic carbocycles. The molecule has 1 aromatic carbocycles. The van der Waals surface area contributed by atoms with Crippen molar-refractivity contribution >= 4 is 11.8 Å². The van der Waals surface area contributed by atoms with E-state index in [1.807, 2.05) is 24.3 Å². The molecule has 2 saturated carbocycles. The molecule has 0 aromatic heterocycles. The number of methoxy groups -OCH3 is 1. The smallest absolute Gasteiger partial charge is 0.224 e. The van der Waals surface area contributed by atoms with Crippen molar-refractivity contribution in [2.45, 2.75) is 44.7 Å². The minimum Gasteiger partial charge on any atom is -0.497 e. The Balaban J connectivity index is 1.41. The minimum absolute atomic E-state index is 0.0209. The van der Waals surface area contributed by atoms with E-state index in [9.17, 15) is 9.59 Å². The summed E-state index contributed by atoms with van der Waals surface area (Å²) in [5.41, 5.74) is 1.02. The molecule has 0 aliphatic heterocycles. The van der Waals surface area contributed by atoms with Crippen molar-refractivity contribution in [1.82, 2.24) is 10.6 Å². The zero-order chi connectivity index (χ0) is 16.2. The second-order valence-electron chi connectivity index (χ2n) is 6.50. The van der Waals surface area contributed by atoms with Gasteiger partial charge in [-0.05, 0) is 37.0 Å². The van der Waals surface area contributed by atoms with Crippen LogP contribution < -0.4 is 15.4 Å². The average Bonchev–Trinajstić information content (AvgIpc) is 3.23. The van der Waals surface area contributed by atoms with E-state index < -0.39 is 0 Å². The molecule has 5 heteroatoms. The van der Waals surface area contributed by atoms with E-state index in [1.54, 1.807) is 7.11 Å². The Bertz CT molecular complexity index is 564. The highest BCUT2D eigenvalue weighted by Crippen LogP contribution is 2.39. The lowest BCUT2D eigenvalue weighted by molar-refractivity contribution is -0.127. The zero-order valence-electron chi connectivity index (χ0n) is 13.5. The summed E-state index contributed by atoms with van der Waals surface area (Å²) in [7, 11) is 1.63. The molecule has 0 heterocycles. The zero-order valence-corrected chi connectivity index (χ0v) is 13.5. The van der Waals surface area contributed by atoms with E-state index in [1.165, 1.54) is 12.8 Å². The molecule has 2 amide bonds. The van der Waals surface area contributed by atoms with Gasteiger partial charge in [-0.25, -0.2) is 0 Å². The highest BCUT2D eigenvalue weighted by molar-refractivity contribution is 5.92. The van der Waals surface area contributed by atoms with Crippen molar-refractivity contribution in [3.05, 3.63) is 29.8 Å². The van der Waals surface area contributed by atoms with Crippen molar-refractivity contribution < 1.29 is 14.3 Å². The van der Waals surface area contributed by atoms with Gasteiger partial charge >= 0.3 is 0 Å². The van der Waals surface area contributed by atoms with E-state index in [2.05, 4.69) is 10.6 Å². The van der Waals surface area contributed by atoms with E-state index >= 15 is 0 Å². The van der Waals surface area contributed by atoms with Gasteiger partial charge in [-0.1, -0.05) is 25.0 Å². The summed E-state index contributed by atoms with van der Waals surface area (Å²) in [6.07, 6.45) is 5.22. The molecule has 5 nitrogen and oxygen atoms in total. The van der Waals surface area contributed by atoms with E-state index in [-0.39, 0.29) is 23.7 Å². The standard InChI is InChI=1S/C18H24N2O3/c1-23-14-8-6-12(7-9-14)11-19-17(21)15-10-16(15)18(22)20-13-4-2-3-5-13/h6-9,13,15-16H,2-5,10-11H2,1H3,(H,19,21)(H,20,22). The van der Waals surface area contributed by atoms with Crippen LogP contribution >= 0.6 is 0 Å². The van der Waals surface area contributed by atoms with Gasteiger partial charge < -0.3 is 15.4 Å². The summed E-state index contributed by atoms with van der Waals surface area (Å²) < 4.78 is 5.11. The van der Waals surface area contributed by atoms with Crippen molar-refractivity contribution in [3.8, 4) is 5.75 Å². The summed E-state index contributed by atoms with van der Waals surface area (Å²) in [6.45, 7) is 0.482. The predicted octanol–water partition coefficient (Wildman–Crippen LogP) is 2.01. The summed E-state index contributed by atoms with van der Waals surface area (Å²) in [5, 5.41) is 6.00. The number of ether oxygens (including phenoxy) is 1. The van der Waals surface area contributed by atoms with Gasteiger partial charge in [0.2, 0.25) is 11.8 Å². The minimum atomic E-state index is -0.158. The number of carbonyl (C=O) groups is 2. The Morgan fingerprint density at radius 2 is 1.74 bits per heavy atom. The quantitative estimate of drug-likeness (QED) is 0.843. The average molecular weight is 316 g/mol. The van der Waals surface area contributed by atoms with Crippen LogP contribution in [-0.4, -0.2) is 25.0 Å². The maximum atomic E-state index is 12.1. The van der Waals surface area contributed by atoms with Crippen LogP contribution in [0.15, 0.2) is 24.3 Å². The normalized spacial score (nSPS) is 23.3. The Hall–Kier alpha value is -2.04. The number of benzene rings is 1. The van der Waals surface area contributed by atoms with Crippen LogP contribution in [0, 0.1) is 11.8 Å². The number of nitrogens with one attached hydrogen (secondary N) is 2. The molecule has 0 saturated heterocycles. The first-order valence-corrected chi connectivity index (χ1v) is 8.38. The van der Waals surface area contributed by atoms with E-state index in [4.69, 9.17) is 4.74 Å². The summed E-state index contributed by atoms with van der Waals surface area (Å²) in [6, 6.07) is 7.92. The molecular weight excluding hydrogens is 292 g/mol. The Labute approximate surface area is 136 Å². The molecule has 3 rings (SSSR count). The van der Waals surface area contributed by atoms with Crippen LogP contribution in [0.2, 0.25) is 0 Å². The molecule has 124 valence electrons.